The monoisotopic (exact) mass is 210 g/mol. The van der Waals surface area contributed by atoms with Gasteiger partial charge in [0.2, 0.25) is 5.88 Å². The number of aliphatic carboxylic acids is 1. The number of hydrogen-bond donors (Lipinski definition) is 1. The van der Waals surface area contributed by atoms with E-state index in [1.54, 1.807) is 0 Å². The third kappa shape index (κ3) is 1.58. The van der Waals surface area contributed by atoms with E-state index >= 15 is 0 Å². The number of aromatic nitrogens is 2. The lowest BCUT2D eigenvalue weighted by molar-refractivity contribution is -0.141. The molecule has 1 aliphatic rings. The van der Waals surface area contributed by atoms with Crippen LogP contribution in [0.5, 0.6) is 5.88 Å². The van der Waals surface area contributed by atoms with Crippen molar-refractivity contribution in [3.05, 3.63) is 11.8 Å². The Hall–Kier alpha value is -1.52. The average molecular weight is 210 g/mol. The van der Waals surface area contributed by atoms with Crippen molar-refractivity contribution in [1.29, 1.82) is 0 Å². The smallest absolute Gasteiger partial charge is 0.332 e. The van der Waals surface area contributed by atoms with Crippen LogP contribution in [-0.2, 0) is 10.2 Å². The van der Waals surface area contributed by atoms with Crippen LogP contribution >= 0.6 is 0 Å². The van der Waals surface area contributed by atoms with Crippen LogP contribution in [0.1, 0.15) is 32.5 Å². The topological polar surface area (TPSA) is 64.4 Å². The molecule has 5 nitrogen and oxygen atoms in total. The molecule has 1 aliphatic heterocycles. The van der Waals surface area contributed by atoms with E-state index in [0.29, 0.717) is 5.88 Å². The Kier molecular flexibility index (Phi) is 1.99. The van der Waals surface area contributed by atoms with Crippen LogP contribution in [0.25, 0.3) is 0 Å². The number of rotatable bonds is 1. The largest absolute Gasteiger partial charge is 0.480 e. The molecule has 0 bridgehead atoms. The standard InChI is InChI=1S/C10H14N2O3/c1-10(2,3)7-4-8-12(11-7)6(5-15-8)9(13)14/h4,6H,5H2,1-3H3,(H,13,14). The quantitative estimate of drug-likeness (QED) is 0.756. The SMILES string of the molecule is CC(C)(C)c1cc2n(n1)C(C(=O)O)CO2. The summed E-state index contributed by atoms with van der Waals surface area (Å²) in [7, 11) is 0. The molecule has 1 unspecified atom stereocenters. The molecule has 2 rings (SSSR count). The van der Waals surface area contributed by atoms with E-state index in [1.807, 2.05) is 26.8 Å². The maximum Gasteiger partial charge on any atom is 0.332 e. The molecule has 0 aromatic carbocycles. The fraction of sp³-hybridized carbons (Fsp3) is 0.600. The predicted octanol–water partition coefficient (Wildman–Crippen LogP) is 1.20. The molecule has 1 N–H and O–H groups in total. The van der Waals surface area contributed by atoms with Gasteiger partial charge in [-0.25, -0.2) is 9.48 Å². The molecule has 1 aromatic heterocycles. The molecule has 2 heterocycles. The molecule has 1 aromatic rings. The number of nitrogens with zero attached hydrogens (tertiary/aromatic N) is 2. The predicted molar refractivity (Wildman–Crippen MR) is 53.1 cm³/mol. The summed E-state index contributed by atoms with van der Waals surface area (Å²) in [4.78, 5) is 10.9. The normalized spacial score (nSPS) is 19.8. The Morgan fingerprint density at radius 2 is 2.33 bits per heavy atom. The zero-order valence-corrected chi connectivity index (χ0v) is 9.02. The van der Waals surface area contributed by atoms with Gasteiger partial charge in [-0.15, -0.1) is 0 Å². The van der Waals surface area contributed by atoms with Gasteiger partial charge in [-0.1, -0.05) is 20.8 Å². The lowest BCUT2D eigenvalue weighted by Crippen LogP contribution is -2.21. The van der Waals surface area contributed by atoms with E-state index in [0.717, 1.165) is 5.69 Å². The second kappa shape index (κ2) is 2.98. The van der Waals surface area contributed by atoms with E-state index in [-0.39, 0.29) is 12.0 Å². The second-order valence-corrected chi connectivity index (χ2v) is 4.73. The molecule has 5 heteroatoms. The minimum absolute atomic E-state index is 0.0935. The highest BCUT2D eigenvalue weighted by Crippen LogP contribution is 2.31. The number of carboxylic acid groups (broad SMARTS) is 1. The zero-order valence-electron chi connectivity index (χ0n) is 9.02. The fourth-order valence-electron chi connectivity index (χ4n) is 1.49. The Morgan fingerprint density at radius 3 is 2.87 bits per heavy atom. The summed E-state index contributed by atoms with van der Waals surface area (Å²) < 4.78 is 6.72. The first-order valence-corrected chi connectivity index (χ1v) is 4.85. The highest BCUT2D eigenvalue weighted by Gasteiger charge is 2.33. The van der Waals surface area contributed by atoms with E-state index in [4.69, 9.17) is 9.84 Å². The Bertz CT molecular complexity index is 403. The van der Waals surface area contributed by atoms with Crippen LogP contribution in [0.2, 0.25) is 0 Å². The van der Waals surface area contributed by atoms with E-state index in [9.17, 15) is 4.79 Å². The first-order valence-electron chi connectivity index (χ1n) is 4.85. The summed E-state index contributed by atoms with van der Waals surface area (Å²) in [5.41, 5.74) is 0.757. The number of carboxylic acids is 1. The molecule has 0 saturated carbocycles. The zero-order chi connectivity index (χ0) is 11.2. The van der Waals surface area contributed by atoms with Crippen LogP contribution in [0.15, 0.2) is 6.07 Å². The third-order valence-electron chi connectivity index (χ3n) is 2.44. The lowest BCUT2D eigenvalue weighted by atomic mass is 9.93. The summed E-state index contributed by atoms with van der Waals surface area (Å²) in [6.07, 6.45) is 0. The van der Waals surface area contributed by atoms with E-state index in [1.165, 1.54) is 4.68 Å². The van der Waals surface area contributed by atoms with Crippen molar-refractivity contribution < 1.29 is 14.6 Å². The lowest BCUT2D eigenvalue weighted by Gasteiger charge is -2.14. The van der Waals surface area contributed by atoms with Gasteiger partial charge in [-0.3, -0.25) is 0 Å². The minimum Gasteiger partial charge on any atom is -0.480 e. The summed E-state index contributed by atoms with van der Waals surface area (Å²) >= 11 is 0. The summed E-state index contributed by atoms with van der Waals surface area (Å²) in [6, 6.07) is 1.12. The van der Waals surface area contributed by atoms with Crippen LogP contribution in [0.3, 0.4) is 0 Å². The molecule has 0 aliphatic carbocycles. The van der Waals surface area contributed by atoms with Gasteiger partial charge < -0.3 is 9.84 Å². The molecular formula is C10H14N2O3. The Labute approximate surface area is 87.7 Å². The number of carbonyl (C=O) groups is 1. The molecular weight excluding hydrogens is 196 g/mol. The van der Waals surface area contributed by atoms with Gasteiger partial charge in [-0.05, 0) is 0 Å². The first kappa shape index (κ1) is 10.0. The van der Waals surface area contributed by atoms with Crippen LogP contribution < -0.4 is 4.74 Å². The fourth-order valence-corrected chi connectivity index (χ4v) is 1.49. The van der Waals surface area contributed by atoms with Crippen molar-refractivity contribution in [2.24, 2.45) is 0 Å². The molecule has 0 radical (unpaired) electrons. The van der Waals surface area contributed by atoms with Crippen molar-refractivity contribution >= 4 is 5.97 Å². The van der Waals surface area contributed by atoms with E-state index in [2.05, 4.69) is 5.10 Å². The van der Waals surface area contributed by atoms with Gasteiger partial charge in [-0.2, -0.15) is 5.10 Å². The summed E-state index contributed by atoms with van der Waals surface area (Å²) in [5.74, 6) is -0.357. The molecule has 82 valence electrons. The third-order valence-corrected chi connectivity index (χ3v) is 2.44. The van der Waals surface area contributed by atoms with Gasteiger partial charge in [0.25, 0.3) is 0 Å². The number of ether oxygens (including phenoxy) is 1. The van der Waals surface area contributed by atoms with E-state index < -0.39 is 12.0 Å². The van der Waals surface area contributed by atoms with Gasteiger partial charge >= 0.3 is 5.97 Å². The number of hydrogen-bond acceptors (Lipinski definition) is 3. The van der Waals surface area contributed by atoms with Crippen molar-refractivity contribution in [3.63, 3.8) is 0 Å². The molecule has 1 atom stereocenters. The molecule has 0 fully saturated rings. The summed E-state index contributed by atoms with van der Waals surface area (Å²) in [5, 5.41) is 13.2. The van der Waals surface area contributed by atoms with Gasteiger partial charge in [0.05, 0.1) is 5.69 Å². The maximum atomic E-state index is 10.9. The van der Waals surface area contributed by atoms with Crippen molar-refractivity contribution in [3.8, 4) is 5.88 Å². The number of fused-ring (bicyclic) bond motifs is 1. The van der Waals surface area contributed by atoms with Crippen LogP contribution in [0, 0.1) is 0 Å². The van der Waals surface area contributed by atoms with Crippen LogP contribution in [-0.4, -0.2) is 27.5 Å². The first-order chi connectivity index (χ1) is 6.89. The second-order valence-electron chi connectivity index (χ2n) is 4.73. The molecule has 15 heavy (non-hydrogen) atoms. The van der Waals surface area contributed by atoms with Crippen molar-refractivity contribution in [2.75, 3.05) is 6.61 Å². The maximum absolute atomic E-state index is 10.9. The molecule has 0 saturated heterocycles. The highest BCUT2D eigenvalue weighted by molar-refractivity contribution is 5.72. The minimum atomic E-state index is -0.905. The van der Waals surface area contributed by atoms with Crippen molar-refractivity contribution in [1.82, 2.24) is 9.78 Å². The van der Waals surface area contributed by atoms with Gasteiger partial charge in [0, 0.05) is 11.5 Å². The Morgan fingerprint density at radius 1 is 1.67 bits per heavy atom. The Balaban J connectivity index is 2.39. The average Bonchev–Trinajstić information content (AvgIpc) is 2.56. The molecule has 0 spiro atoms. The van der Waals surface area contributed by atoms with Gasteiger partial charge in [0.1, 0.15) is 6.61 Å². The van der Waals surface area contributed by atoms with Gasteiger partial charge in [0.15, 0.2) is 6.04 Å². The highest BCUT2D eigenvalue weighted by atomic mass is 16.5. The summed E-state index contributed by atoms with van der Waals surface area (Å²) in [6.45, 7) is 6.25. The van der Waals surface area contributed by atoms with Crippen molar-refractivity contribution in [2.45, 2.75) is 32.2 Å². The molecule has 0 amide bonds. The van der Waals surface area contributed by atoms with Crippen LogP contribution in [0.4, 0.5) is 0 Å².